The number of hydrogen-bond acceptors (Lipinski definition) is 0. The summed E-state index contributed by atoms with van der Waals surface area (Å²) in [4.78, 5) is 0. The van der Waals surface area contributed by atoms with E-state index in [9.17, 15) is 0 Å². The Balaban J connectivity index is 0.000000252. The Bertz CT molecular complexity index is 809. The van der Waals surface area contributed by atoms with Crippen molar-refractivity contribution in [2.24, 2.45) is 0 Å². The zero-order chi connectivity index (χ0) is 16.6. The second-order valence-electron chi connectivity index (χ2n) is 5.47. The van der Waals surface area contributed by atoms with Crippen molar-refractivity contribution in [1.29, 1.82) is 0 Å². The van der Waals surface area contributed by atoms with E-state index in [0.717, 1.165) is 5.57 Å². The summed E-state index contributed by atoms with van der Waals surface area (Å²) >= 11 is 0. The molecule has 4 aromatic carbocycles. The first-order chi connectivity index (χ1) is 11.8. The topological polar surface area (TPSA) is 0 Å². The third-order valence-corrected chi connectivity index (χ3v) is 3.82. The molecular formula is C24H21Li2. The first-order valence-electron chi connectivity index (χ1n) is 8.00. The zero-order valence-corrected chi connectivity index (χ0v) is 13.5. The molecule has 0 spiro atoms. The standard InChI is InChI=1S/C14H12.C10H7.2Li.2H/c1-12(13-8-4-2-5-9-13)14-10-6-3-7-11-14;1-2-6-10-8-4-3-7-9(10)5-1;;;;/h2-11H,1H2;1-7H;;;;. The molecular weight excluding hydrogens is 302 g/mol. The van der Waals surface area contributed by atoms with Crippen molar-refractivity contribution in [2.75, 3.05) is 0 Å². The Kier molecular flexibility index (Phi) is 9.91. The van der Waals surface area contributed by atoms with E-state index in [2.05, 4.69) is 55.1 Å². The van der Waals surface area contributed by atoms with E-state index < -0.39 is 0 Å². The van der Waals surface area contributed by atoms with Crippen molar-refractivity contribution in [1.82, 2.24) is 0 Å². The minimum absolute atomic E-state index is 0. The molecule has 0 bridgehead atoms. The summed E-state index contributed by atoms with van der Waals surface area (Å²) in [5.41, 5.74) is 3.43. The molecule has 4 aromatic rings. The Hall–Kier alpha value is -1.93. The maximum absolute atomic E-state index is 4.10. The van der Waals surface area contributed by atoms with Crippen LogP contribution in [0.15, 0.2) is 110 Å². The van der Waals surface area contributed by atoms with Crippen LogP contribution in [-0.2, 0) is 0 Å². The third-order valence-electron chi connectivity index (χ3n) is 3.82. The van der Waals surface area contributed by atoms with Gasteiger partial charge >= 0.3 is 37.7 Å². The van der Waals surface area contributed by atoms with Crippen molar-refractivity contribution in [3.63, 3.8) is 0 Å². The molecule has 0 fully saturated rings. The fourth-order valence-corrected chi connectivity index (χ4v) is 2.51. The van der Waals surface area contributed by atoms with Gasteiger partial charge in [-0.25, -0.2) is 0 Å². The Morgan fingerprint density at radius 3 is 1.58 bits per heavy atom. The van der Waals surface area contributed by atoms with Crippen LogP contribution >= 0.6 is 0 Å². The van der Waals surface area contributed by atoms with Crippen LogP contribution in [0.1, 0.15) is 11.1 Å². The fourth-order valence-electron chi connectivity index (χ4n) is 2.51. The van der Waals surface area contributed by atoms with Gasteiger partial charge in [0.05, 0.1) is 0 Å². The van der Waals surface area contributed by atoms with E-state index in [0.29, 0.717) is 0 Å². The maximum atomic E-state index is 4.10. The average Bonchev–Trinajstić information content (AvgIpc) is 2.69. The van der Waals surface area contributed by atoms with Crippen LogP contribution in [0, 0.1) is 6.07 Å². The second kappa shape index (κ2) is 11.6. The van der Waals surface area contributed by atoms with E-state index in [1.54, 1.807) is 0 Å². The molecule has 0 unspecified atom stereocenters. The molecule has 0 atom stereocenters. The van der Waals surface area contributed by atoms with E-state index in [1.807, 2.05) is 60.7 Å². The van der Waals surface area contributed by atoms with Crippen LogP contribution in [0.2, 0.25) is 0 Å². The molecule has 0 nitrogen and oxygen atoms in total. The summed E-state index contributed by atoms with van der Waals surface area (Å²) in [5, 5.41) is 2.44. The van der Waals surface area contributed by atoms with Crippen LogP contribution in [0.25, 0.3) is 16.3 Å². The Morgan fingerprint density at radius 2 is 1.04 bits per heavy atom. The summed E-state index contributed by atoms with van der Waals surface area (Å²) in [6, 6.07) is 37.9. The predicted octanol–water partition coefficient (Wildman–Crippen LogP) is 5.09. The van der Waals surface area contributed by atoms with Gasteiger partial charge in [0.15, 0.2) is 0 Å². The normalized spacial score (nSPS) is 9.08. The molecule has 0 aliphatic rings. The SMILES string of the molecule is C=C(c1ccccc1)c1ccccc1.[LiH].[LiH].[c]1cccc2ccccc12. The number of benzene rings is 4. The summed E-state index contributed by atoms with van der Waals surface area (Å²) in [5.74, 6) is 0. The van der Waals surface area contributed by atoms with Gasteiger partial charge < -0.3 is 0 Å². The Morgan fingerprint density at radius 1 is 0.577 bits per heavy atom. The fraction of sp³-hybridized carbons (Fsp3) is 0. The maximum Gasteiger partial charge on any atom is -0.00992 e. The van der Waals surface area contributed by atoms with Crippen LogP contribution in [0.3, 0.4) is 0 Å². The largest absolute Gasteiger partial charge is 0.0616 e. The molecule has 0 aromatic heterocycles. The molecule has 0 amide bonds. The molecule has 0 heterocycles. The Labute approximate surface area is 180 Å². The summed E-state index contributed by atoms with van der Waals surface area (Å²) in [6.07, 6.45) is 0. The van der Waals surface area contributed by atoms with Gasteiger partial charge in [-0.1, -0.05) is 110 Å². The van der Waals surface area contributed by atoms with Gasteiger partial charge in [-0.05, 0) is 33.5 Å². The van der Waals surface area contributed by atoms with Gasteiger partial charge in [0.25, 0.3) is 0 Å². The van der Waals surface area contributed by atoms with Crippen LogP contribution < -0.4 is 0 Å². The molecule has 0 aliphatic carbocycles. The molecule has 2 heteroatoms. The van der Waals surface area contributed by atoms with Crippen molar-refractivity contribution in [3.05, 3.63) is 127 Å². The van der Waals surface area contributed by atoms with Crippen molar-refractivity contribution < 1.29 is 0 Å². The van der Waals surface area contributed by atoms with Gasteiger partial charge in [0.1, 0.15) is 0 Å². The molecule has 119 valence electrons. The first-order valence-corrected chi connectivity index (χ1v) is 8.00. The average molecular weight is 323 g/mol. The number of fused-ring (bicyclic) bond motifs is 1. The smallest absolute Gasteiger partial charge is 0.00992 e. The van der Waals surface area contributed by atoms with Crippen LogP contribution in [-0.4, -0.2) is 37.7 Å². The quantitative estimate of drug-likeness (QED) is 0.451. The zero-order valence-electron chi connectivity index (χ0n) is 13.5. The van der Waals surface area contributed by atoms with E-state index in [4.69, 9.17) is 0 Å². The molecule has 0 aliphatic heterocycles. The van der Waals surface area contributed by atoms with Gasteiger partial charge in [-0.3, -0.25) is 0 Å². The monoisotopic (exact) mass is 323 g/mol. The molecule has 0 N–H and O–H groups in total. The minimum Gasteiger partial charge on any atom is -0.0616 e. The summed E-state index contributed by atoms with van der Waals surface area (Å²) < 4.78 is 0. The van der Waals surface area contributed by atoms with E-state index in [-0.39, 0.29) is 37.7 Å². The molecule has 26 heavy (non-hydrogen) atoms. The summed E-state index contributed by atoms with van der Waals surface area (Å²) in [7, 11) is 0. The van der Waals surface area contributed by atoms with E-state index in [1.165, 1.54) is 21.9 Å². The minimum atomic E-state index is 0. The van der Waals surface area contributed by atoms with Crippen molar-refractivity contribution in [2.45, 2.75) is 0 Å². The first kappa shape index (κ1) is 22.1. The molecule has 4 rings (SSSR count). The van der Waals surface area contributed by atoms with Crippen molar-refractivity contribution in [3.8, 4) is 0 Å². The number of hydrogen-bond donors (Lipinski definition) is 0. The second-order valence-corrected chi connectivity index (χ2v) is 5.47. The van der Waals surface area contributed by atoms with Gasteiger partial charge in [-0.15, -0.1) is 0 Å². The summed E-state index contributed by atoms with van der Waals surface area (Å²) in [6.45, 7) is 4.10. The van der Waals surface area contributed by atoms with Gasteiger partial charge in [-0.2, -0.15) is 0 Å². The van der Waals surface area contributed by atoms with E-state index >= 15 is 0 Å². The number of rotatable bonds is 2. The van der Waals surface area contributed by atoms with Gasteiger partial charge in [0, 0.05) is 0 Å². The third kappa shape index (κ3) is 6.10. The molecule has 0 saturated carbocycles. The molecule has 0 saturated heterocycles. The van der Waals surface area contributed by atoms with Gasteiger partial charge in [0.2, 0.25) is 0 Å². The van der Waals surface area contributed by atoms with Crippen LogP contribution in [0.4, 0.5) is 0 Å². The van der Waals surface area contributed by atoms with Crippen LogP contribution in [0.5, 0.6) is 0 Å². The molecule has 1 radical (unpaired) electrons. The van der Waals surface area contributed by atoms with Crippen molar-refractivity contribution >= 4 is 54.1 Å². The predicted molar refractivity (Wildman–Crippen MR) is 118 cm³/mol.